The number of aromatic nitrogens is 1. The Bertz CT molecular complexity index is 403. The molecule has 1 aromatic rings. The van der Waals surface area contributed by atoms with Crippen LogP contribution in [0, 0.1) is 6.92 Å². The maximum atomic E-state index is 11.3. The van der Waals surface area contributed by atoms with E-state index in [2.05, 4.69) is 9.71 Å². The number of anilines is 1. The number of aryl methyl sites for hydroxylation is 1. The van der Waals surface area contributed by atoms with Crippen molar-refractivity contribution in [3.05, 3.63) is 24.0 Å². The smallest absolute Gasteiger partial charge is 0.235 e. The van der Waals surface area contributed by atoms with Crippen LogP contribution >= 0.6 is 0 Å². The van der Waals surface area contributed by atoms with Crippen molar-refractivity contribution >= 4 is 15.7 Å². The van der Waals surface area contributed by atoms with Crippen LogP contribution in [0.2, 0.25) is 0 Å². The minimum Gasteiger partial charge on any atom is -0.395 e. The lowest BCUT2D eigenvalue weighted by molar-refractivity contribution is 0.320. The van der Waals surface area contributed by atoms with Gasteiger partial charge in [-0.2, -0.15) is 0 Å². The molecule has 0 aliphatic heterocycles. The predicted octanol–water partition coefficient (Wildman–Crippen LogP) is 0.124. The summed E-state index contributed by atoms with van der Waals surface area (Å²) in [6.07, 6.45) is 1.58. The number of aliphatic hydroxyl groups is 1. The van der Waals surface area contributed by atoms with E-state index in [1.807, 2.05) is 0 Å². The predicted molar refractivity (Wildman–Crippen MR) is 53.5 cm³/mol. The third-order valence-corrected chi connectivity index (χ3v) is 2.88. The molecule has 0 bridgehead atoms. The van der Waals surface area contributed by atoms with Gasteiger partial charge in [-0.05, 0) is 19.1 Å². The molecule has 0 aliphatic carbocycles. The summed E-state index contributed by atoms with van der Waals surface area (Å²) in [6, 6.07) is 3.26. The zero-order valence-electron chi connectivity index (χ0n) is 7.77. The Morgan fingerprint density at radius 1 is 1.57 bits per heavy atom. The van der Waals surface area contributed by atoms with Crippen molar-refractivity contribution in [1.82, 2.24) is 4.98 Å². The fourth-order valence-electron chi connectivity index (χ4n) is 0.931. The molecule has 0 aromatic carbocycles. The summed E-state index contributed by atoms with van der Waals surface area (Å²) in [5, 5.41) is 8.51. The van der Waals surface area contributed by atoms with Gasteiger partial charge < -0.3 is 5.11 Å². The fraction of sp³-hybridized carbons (Fsp3) is 0.375. The average molecular weight is 216 g/mol. The Balaban J connectivity index is 2.84. The zero-order valence-corrected chi connectivity index (χ0v) is 8.58. The highest BCUT2D eigenvalue weighted by molar-refractivity contribution is 7.92. The van der Waals surface area contributed by atoms with Gasteiger partial charge >= 0.3 is 0 Å². The first-order chi connectivity index (χ1) is 6.55. The molecule has 2 N–H and O–H groups in total. The van der Waals surface area contributed by atoms with Crippen molar-refractivity contribution in [2.24, 2.45) is 0 Å². The number of rotatable bonds is 4. The van der Waals surface area contributed by atoms with Gasteiger partial charge in [0.15, 0.2) is 0 Å². The summed E-state index contributed by atoms with van der Waals surface area (Å²) in [4.78, 5) is 3.93. The van der Waals surface area contributed by atoms with Crippen LogP contribution in [0.1, 0.15) is 5.69 Å². The number of nitrogens with one attached hydrogen (secondary N) is 1. The van der Waals surface area contributed by atoms with Gasteiger partial charge in [-0.25, -0.2) is 8.42 Å². The van der Waals surface area contributed by atoms with Crippen molar-refractivity contribution in [3.63, 3.8) is 0 Å². The van der Waals surface area contributed by atoms with E-state index in [-0.39, 0.29) is 5.75 Å². The maximum Gasteiger partial charge on any atom is 0.235 e. The van der Waals surface area contributed by atoms with Gasteiger partial charge in [-0.15, -0.1) is 0 Å². The van der Waals surface area contributed by atoms with Crippen LogP contribution < -0.4 is 4.72 Å². The zero-order chi connectivity index (χ0) is 10.6. The Morgan fingerprint density at radius 2 is 2.29 bits per heavy atom. The largest absolute Gasteiger partial charge is 0.395 e. The third-order valence-electron chi connectivity index (χ3n) is 1.63. The lowest BCUT2D eigenvalue weighted by atomic mass is 10.3. The molecule has 0 atom stereocenters. The minimum atomic E-state index is -3.45. The molecule has 78 valence electrons. The van der Waals surface area contributed by atoms with Crippen LogP contribution in [0.5, 0.6) is 0 Å². The molecular formula is C8H12N2O3S. The van der Waals surface area contributed by atoms with Gasteiger partial charge in [0, 0.05) is 6.20 Å². The van der Waals surface area contributed by atoms with Gasteiger partial charge in [-0.1, -0.05) is 0 Å². The van der Waals surface area contributed by atoms with E-state index in [0.717, 1.165) is 0 Å². The summed E-state index contributed by atoms with van der Waals surface area (Å²) in [5.74, 6) is -0.304. The molecule has 0 amide bonds. The van der Waals surface area contributed by atoms with Crippen LogP contribution in [0.3, 0.4) is 0 Å². The van der Waals surface area contributed by atoms with Crippen molar-refractivity contribution in [2.45, 2.75) is 6.92 Å². The molecule has 14 heavy (non-hydrogen) atoms. The normalized spacial score (nSPS) is 11.3. The Morgan fingerprint density at radius 3 is 2.86 bits per heavy atom. The van der Waals surface area contributed by atoms with E-state index >= 15 is 0 Å². The molecule has 5 nitrogen and oxygen atoms in total. The summed E-state index contributed by atoms with van der Waals surface area (Å²) in [7, 11) is -3.45. The van der Waals surface area contributed by atoms with Gasteiger partial charge in [0.25, 0.3) is 0 Å². The first kappa shape index (κ1) is 10.9. The lowest BCUT2D eigenvalue weighted by Gasteiger charge is -2.07. The topological polar surface area (TPSA) is 79.3 Å². The average Bonchev–Trinajstić information content (AvgIpc) is 2.08. The molecule has 0 unspecified atom stereocenters. The minimum absolute atomic E-state index is 0.304. The number of sulfonamides is 1. The van der Waals surface area contributed by atoms with E-state index in [1.54, 1.807) is 25.3 Å². The van der Waals surface area contributed by atoms with Crippen LogP contribution in [-0.4, -0.2) is 30.9 Å². The quantitative estimate of drug-likeness (QED) is 0.749. The Hall–Kier alpha value is -1.14. The van der Waals surface area contributed by atoms with Gasteiger partial charge in [0.1, 0.15) is 0 Å². The second kappa shape index (κ2) is 4.39. The first-order valence-corrected chi connectivity index (χ1v) is 5.73. The number of hydrogen-bond acceptors (Lipinski definition) is 4. The van der Waals surface area contributed by atoms with Crippen molar-refractivity contribution in [3.8, 4) is 0 Å². The highest BCUT2D eigenvalue weighted by Crippen LogP contribution is 2.12. The second-order valence-electron chi connectivity index (χ2n) is 2.78. The number of aliphatic hydroxyl groups excluding tert-OH is 1. The standard InChI is InChI=1S/C8H12N2O3S/c1-7-8(3-2-4-9-7)10-14(12,13)6-5-11/h2-4,10-11H,5-6H2,1H3. The maximum absolute atomic E-state index is 11.3. The lowest BCUT2D eigenvalue weighted by Crippen LogP contribution is -2.19. The van der Waals surface area contributed by atoms with E-state index in [0.29, 0.717) is 11.4 Å². The summed E-state index contributed by atoms with van der Waals surface area (Å²) >= 11 is 0. The first-order valence-electron chi connectivity index (χ1n) is 4.08. The molecular weight excluding hydrogens is 204 g/mol. The highest BCUT2D eigenvalue weighted by atomic mass is 32.2. The Kier molecular flexibility index (Phi) is 3.43. The molecule has 1 heterocycles. The molecule has 6 heteroatoms. The summed E-state index contributed by atoms with van der Waals surface area (Å²) in [5.41, 5.74) is 1.05. The summed E-state index contributed by atoms with van der Waals surface area (Å²) in [6.45, 7) is 1.31. The molecule has 1 aromatic heterocycles. The van der Waals surface area contributed by atoms with Crippen LogP contribution in [-0.2, 0) is 10.0 Å². The van der Waals surface area contributed by atoms with Gasteiger partial charge in [0.2, 0.25) is 10.0 Å². The van der Waals surface area contributed by atoms with E-state index in [4.69, 9.17) is 5.11 Å². The molecule has 0 saturated heterocycles. The van der Waals surface area contributed by atoms with Crippen LogP contribution in [0.4, 0.5) is 5.69 Å². The van der Waals surface area contributed by atoms with E-state index < -0.39 is 16.6 Å². The fourth-order valence-corrected chi connectivity index (χ4v) is 1.82. The molecule has 0 spiro atoms. The molecule has 0 aliphatic rings. The van der Waals surface area contributed by atoms with Crippen molar-refractivity contribution in [2.75, 3.05) is 17.1 Å². The highest BCUT2D eigenvalue weighted by Gasteiger charge is 2.10. The molecule has 1 rings (SSSR count). The second-order valence-corrected chi connectivity index (χ2v) is 4.62. The number of pyridine rings is 1. The van der Waals surface area contributed by atoms with Gasteiger partial charge in [-0.3, -0.25) is 9.71 Å². The molecule has 0 radical (unpaired) electrons. The van der Waals surface area contributed by atoms with Crippen LogP contribution in [0.25, 0.3) is 0 Å². The molecule has 0 saturated carbocycles. The SMILES string of the molecule is Cc1ncccc1NS(=O)(=O)CCO. The number of nitrogens with zero attached hydrogens (tertiary/aromatic N) is 1. The van der Waals surface area contributed by atoms with Crippen molar-refractivity contribution < 1.29 is 13.5 Å². The monoisotopic (exact) mass is 216 g/mol. The molecule has 0 fully saturated rings. The van der Waals surface area contributed by atoms with E-state index in [9.17, 15) is 8.42 Å². The summed E-state index contributed by atoms with van der Waals surface area (Å²) < 4.78 is 24.8. The Labute approximate surface area is 82.9 Å². The van der Waals surface area contributed by atoms with Crippen LogP contribution in [0.15, 0.2) is 18.3 Å². The van der Waals surface area contributed by atoms with Crippen molar-refractivity contribution in [1.29, 1.82) is 0 Å². The third kappa shape index (κ3) is 2.97. The van der Waals surface area contributed by atoms with E-state index in [1.165, 1.54) is 0 Å². The number of hydrogen-bond donors (Lipinski definition) is 2. The van der Waals surface area contributed by atoms with Gasteiger partial charge in [0.05, 0.1) is 23.7 Å².